The number of ether oxygens (including phenoxy) is 1. The third-order valence-corrected chi connectivity index (χ3v) is 4.50. The Labute approximate surface area is 121 Å². The Hall–Kier alpha value is -0.930. The molecule has 2 N–H and O–H groups in total. The van der Waals surface area contributed by atoms with E-state index < -0.39 is 0 Å². The first-order valence-corrected chi connectivity index (χ1v) is 7.74. The first kappa shape index (κ1) is 15.5. The summed E-state index contributed by atoms with van der Waals surface area (Å²) >= 11 is 0. The van der Waals surface area contributed by atoms with Gasteiger partial charge < -0.3 is 10.5 Å². The molecule has 1 saturated carbocycles. The van der Waals surface area contributed by atoms with Gasteiger partial charge in [0.15, 0.2) is 0 Å². The van der Waals surface area contributed by atoms with Crippen molar-refractivity contribution < 1.29 is 9.13 Å². The molecule has 3 heteroatoms. The molecule has 1 aliphatic carbocycles. The fraction of sp³-hybridized carbons (Fsp3) is 0.647. The molecule has 20 heavy (non-hydrogen) atoms. The Bertz CT molecular complexity index is 439. The van der Waals surface area contributed by atoms with E-state index in [4.69, 9.17) is 10.5 Å². The minimum Gasteiger partial charge on any atom is -0.373 e. The molecule has 1 aromatic carbocycles. The highest BCUT2D eigenvalue weighted by Crippen LogP contribution is 2.39. The Morgan fingerprint density at radius 2 is 1.90 bits per heavy atom. The molecule has 0 radical (unpaired) electrons. The second-order valence-electron chi connectivity index (χ2n) is 5.90. The smallest absolute Gasteiger partial charge is 0.126 e. The van der Waals surface area contributed by atoms with E-state index in [1.807, 2.05) is 13.0 Å². The van der Waals surface area contributed by atoms with Crippen LogP contribution in [-0.2, 0) is 4.74 Å². The molecule has 1 aromatic rings. The number of rotatable bonds is 4. The van der Waals surface area contributed by atoms with Gasteiger partial charge in [-0.25, -0.2) is 4.39 Å². The van der Waals surface area contributed by atoms with Crippen LogP contribution in [0.2, 0.25) is 0 Å². The Kier molecular flexibility index (Phi) is 5.17. The van der Waals surface area contributed by atoms with E-state index in [-0.39, 0.29) is 17.5 Å². The second kappa shape index (κ2) is 6.68. The highest BCUT2D eigenvalue weighted by molar-refractivity contribution is 5.27. The van der Waals surface area contributed by atoms with E-state index in [0.29, 0.717) is 12.2 Å². The number of benzene rings is 1. The fourth-order valence-corrected chi connectivity index (χ4v) is 3.27. The molecular formula is C17H26FNO. The first-order chi connectivity index (χ1) is 9.59. The van der Waals surface area contributed by atoms with Crippen LogP contribution in [0.4, 0.5) is 4.39 Å². The van der Waals surface area contributed by atoms with Gasteiger partial charge in [-0.2, -0.15) is 0 Å². The van der Waals surface area contributed by atoms with Gasteiger partial charge in [0, 0.05) is 6.61 Å². The van der Waals surface area contributed by atoms with Crippen molar-refractivity contribution >= 4 is 0 Å². The van der Waals surface area contributed by atoms with Crippen molar-refractivity contribution in [3.63, 3.8) is 0 Å². The molecular weight excluding hydrogens is 253 g/mol. The second-order valence-corrected chi connectivity index (χ2v) is 5.90. The summed E-state index contributed by atoms with van der Waals surface area (Å²) in [7, 11) is 0. The van der Waals surface area contributed by atoms with Crippen LogP contribution in [0.15, 0.2) is 18.2 Å². The topological polar surface area (TPSA) is 35.2 Å². The maximum Gasteiger partial charge on any atom is 0.126 e. The van der Waals surface area contributed by atoms with E-state index >= 15 is 0 Å². The van der Waals surface area contributed by atoms with Crippen LogP contribution in [-0.4, -0.2) is 12.2 Å². The predicted molar refractivity (Wildman–Crippen MR) is 80.1 cm³/mol. The molecule has 2 nitrogen and oxygen atoms in total. The van der Waals surface area contributed by atoms with Gasteiger partial charge in [0.2, 0.25) is 0 Å². The van der Waals surface area contributed by atoms with Gasteiger partial charge in [-0.05, 0) is 43.9 Å². The van der Waals surface area contributed by atoms with E-state index in [1.54, 1.807) is 19.1 Å². The number of hydrogen-bond donors (Lipinski definition) is 1. The van der Waals surface area contributed by atoms with Crippen molar-refractivity contribution in [1.82, 2.24) is 0 Å². The lowest BCUT2D eigenvalue weighted by molar-refractivity contribution is -0.0696. The molecule has 0 aliphatic heterocycles. The molecule has 0 aromatic heterocycles. The number of halogens is 1. The van der Waals surface area contributed by atoms with Crippen LogP contribution in [0, 0.1) is 12.7 Å². The molecule has 0 amide bonds. The Morgan fingerprint density at radius 1 is 1.25 bits per heavy atom. The summed E-state index contributed by atoms with van der Waals surface area (Å²) in [5, 5.41) is 0. The lowest BCUT2D eigenvalue weighted by Crippen LogP contribution is -2.43. The summed E-state index contributed by atoms with van der Waals surface area (Å²) in [6.45, 7) is 4.44. The van der Waals surface area contributed by atoms with Crippen LogP contribution in [0.25, 0.3) is 0 Å². The lowest BCUT2D eigenvalue weighted by Gasteiger charge is -2.38. The Morgan fingerprint density at radius 3 is 2.45 bits per heavy atom. The van der Waals surface area contributed by atoms with Gasteiger partial charge in [0.25, 0.3) is 0 Å². The summed E-state index contributed by atoms with van der Waals surface area (Å²) < 4.78 is 19.9. The van der Waals surface area contributed by atoms with Crippen LogP contribution in [0.3, 0.4) is 0 Å². The molecule has 2 rings (SSSR count). The standard InChI is InChI=1S/C17H26FNO/c1-3-20-17(10-6-4-5-7-11-17)16(19)14-9-8-13(2)15(18)12-14/h8-9,12,16H,3-7,10-11,19H2,1-2H3. The average Bonchev–Trinajstić information content (AvgIpc) is 2.68. The molecule has 1 unspecified atom stereocenters. The first-order valence-electron chi connectivity index (χ1n) is 7.74. The van der Waals surface area contributed by atoms with E-state index in [9.17, 15) is 4.39 Å². The highest BCUT2D eigenvalue weighted by atomic mass is 19.1. The number of nitrogens with two attached hydrogens (primary N) is 1. The van der Waals surface area contributed by atoms with Crippen molar-refractivity contribution in [3.8, 4) is 0 Å². The van der Waals surface area contributed by atoms with Crippen molar-refractivity contribution in [2.45, 2.75) is 64.0 Å². The zero-order chi connectivity index (χ0) is 14.6. The number of aryl methyl sites for hydroxylation is 1. The third-order valence-electron chi connectivity index (χ3n) is 4.50. The van der Waals surface area contributed by atoms with Crippen LogP contribution in [0.5, 0.6) is 0 Å². The summed E-state index contributed by atoms with van der Waals surface area (Å²) in [6.07, 6.45) is 6.70. The van der Waals surface area contributed by atoms with Crippen molar-refractivity contribution in [1.29, 1.82) is 0 Å². The van der Waals surface area contributed by atoms with Gasteiger partial charge in [-0.3, -0.25) is 0 Å². The van der Waals surface area contributed by atoms with Crippen LogP contribution < -0.4 is 5.73 Å². The third kappa shape index (κ3) is 3.21. The summed E-state index contributed by atoms with van der Waals surface area (Å²) in [5.74, 6) is -0.182. The molecule has 1 aliphatic rings. The van der Waals surface area contributed by atoms with Gasteiger partial charge >= 0.3 is 0 Å². The zero-order valence-electron chi connectivity index (χ0n) is 12.6. The zero-order valence-corrected chi connectivity index (χ0v) is 12.6. The highest BCUT2D eigenvalue weighted by Gasteiger charge is 2.38. The number of hydrogen-bond acceptors (Lipinski definition) is 2. The largest absolute Gasteiger partial charge is 0.373 e. The van der Waals surface area contributed by atoms with Crippen molar-refractivity contribution in [2.24, 2.45) is 5.73 Å². The summed E-state index contributed by atoms with van der Waals surface area (Å²) in [6, 6.07) is 5.07. The van der Waals surface area contributed by atoms with Crippen LogP contribution in [0.1, 0.15) is 62.6 Å². The minimum absolute atomic E-state index is 0.182. The normalized spacial score (nSPS) is 20.4. The Balaban J connectivity index is 2.29. The molecule has 0 saturated heterocycles. The summed E-state index contributed by atoms with van der Waals surface area (Å²) in [4.78, 5) is 0. The quantitative estimate of drug-likeness (QED) is 0.836. The SMILES string of the molecule is CCOC1(C(N)c2ccc(C)c(F)c2)CCCCCC1. The maximum atomic E-state index is 13.8. The van der Waals surface area contributed by atoms with E-state index in [2.05, 4.69) is 0 Å². The summed E-state index contributed by atoms with van der Waals surface area (Å²) in [5.41, 5.74) is 7.67. The molecule has 0 bridgehead atoms. The molecule has 1 atom stereocenters. The van der Waals surface area contributed by atoms with E-state index in [0.717, 1.165) is 31.2 Å². The molecule has 0 spiro atoms. The minimum atomic E-state index is -0.326. The molecule has 1 fully saturated rings. The fourth-order valence-electron chi connectivity index (χ4n) is 3.27. The van der Waals surface area contributed by atoms with Crippen molar-refractivity contribution in [2.75, 3.05) is 6.61 Å². The van der Waals surface area contributed by atoms with Crippen LogP contribution >= 0.6 is 0 Å². The van der Waals surface area contributed by atoms with Gasteiger partial charge in [-0.1, -0.05) is 37.8 Å². The molecule has 0 heterocycles. The lowest BCUT2D eigenvalue weighted by atomic mass is 9.82. The van der Waals surface area contributed by atoms with Gasteiger partial charge in [0.1, 0.15) is 5.82 Å². The van der Waals surface area contributed by atoms with Gasteiger partial charge in [0.05, 0.1) is 11.6 Å². The van der Waals surface area contributed by atoms with Crippen molar-refractivity contribution in [3.05, 3.63) is 35.1 Å². The monoisotopic (exact) mass is 279 g/mol. The maximum absolute atomic E-state index is 13.8. The predicted octanol–water partition coefficient (Wildman–Crippen LogP) is 4.26. The van der Waals surface area contributed by atoms with E-state index in [1.165, 1.54) is 12.8 Å². The van der Waals surface area contributed by atoms with Gasteiger partial charge in [-0.15, -0.1) is 0 Å². The molecule has 112 valence electrons. The average molecular weight is 279 g/mol.